The molecular formula is C19H21FN4O3S. The zero-order chi connectivity index (χ0) is 19.8. The molecule has 1 aliphatic rings. The van der Waals surface area contributed by atoms with E-state index in [2.05, 4.69) is 15.0 Å². The normalized spacial score (nSPS) is 17.1. The van der Waals surface area contributed by atoms with Gasteiger partial charge in [-0.25, -0.2) is 9.37 Å². The third-order valence-electron chi connectivity index (χ3n) is 5.18. The van der Waals surface area contributed by atoms with E-state index in [1.807, 2.05) is 0 Å². The number of likely N-dealkylation sites (tertiary alicyclic amines) is 1. The minimum Gasteiger partial charge on any atom is -0.492 e. The highest BCUT2D eigenvalue weighted by atomic mass is 32.1. The summed E-state index contributed by atoms with van der Waals surface area (Å²) in [6.45, 7) is 2.93. The van der Waals surface area contributed by atoms with Gasteiger partial charge in [-0.1, -0.05) is 29.5 Å². The van der Waals surface area contributed by atoms with Crippen LogP contribution in [0.25, 0.3) is 4.96 Å². The molecule has 28 heavy (non-hydrogen) atoms. The number of hydrogen-bond donors (Lipinski definition) is 1. The number of piperidine rings is 1. The molecular weight excluding hydrogens is 383 g/mol. The second-order valence-corrected chi connectivity index (χ2v) is 7.91. The second-order valence-electron chi connectivity index (χ2n) is 6.90. The van der Waals surface area contributed by atoms with Gasteiger partial charge >= 0.3 is 5.97 Å². The molecule has 1 fully saturated rings. The Balaban J connectivity index is 1.73. The van der Waals surface area contributed by atoms with Gasteiger partial charge in [0, 0.05) is 5.56 Å². The minimum atomic E-state index is -0.478. The van der Waals surface area contributed by atoms with E-state index in [0.717, 1.165) is 0 Å². The Morgan fingerprint density at radius 2 is 2.07 bits per heavy atom. The van der Waals surface area contributed by atoms with Gasteiger partial charge in [-0.3, -0.25) is 9.69 Å². The van der Waals surface area contributed by atoms with Crippen molar-refractivity contribution in [2.24, 2.45) is 5.92 Å². The lowest BCUT2D eigenvalue weighted by molar-refractivity contribution is -0.147. The first kappa shape index (κ1) is 18.8. The predicted molar refractivity (Wildman–Crippen MR) is 102 cm³/mol. The van der Waals surface area contributed by atoms with Gasteiger partial charge in [0.05, 0.1) is 23.9 Å². The average Bonchev–Trinajstić information content (AvgIpc) is 3.21. The number of benzene rings is 1. The first-order valence-electron chi connectivity index (χ1n) is 9.11. The van der Waals surface area contributed by atoms with Gasteiger partial charge in [-0.15, -0.1) is 5.10 Å². The lowest BCUT2D eigenvalue weighted by atomic mass is 9.93. The molecule has 1 N–H and O–H groups in total. The van der Waals surface area contributed by atoms with Crippen molar-refractivity contribution in [3.05, 3.63) is 46.3 Å². The Labute approximate surface area is 165 Å². The van der Waals surface area contributed by atoms with Crippen LogP contribution in [0.1, 0.15) is 35.1 Å². The fourth-order valence-corrected chi connectivity index (χ4v) is 4.94. The Morgan fingerprint density at radius 1 is 1.36 bits per heavy atom. The number of carbonyl (C=O) groups is 1. The first-order chi connectivity index (χ1) is 13.5. The van der Waals surface area contributed by atoms with E-state index < -0.39 is 6.04 Å². The molecule has 0 spiro atoms. The van der Waals surface area contributed by atoms with E-state index in [1.54, 1.807) is 25.1 Å². The van der Waals surface area contributed by atoms with E-state index >= 15 is 0 Å². The number of aryl methyl sites for hydroxylation is 1. The number of ether oxygens (including phenoxy) is 1. The summed E-state index contributed by atoms with van der Waals surface area (Å²) >= 11 is 1.30. The summed E-state index contributed by atoms with van der Waals surface area (Å²) in [5.41, 5.74) is 0.482. The number of halogens is 1. The SMILES string of the molecule is COC(=O)C1CCN([C@H](c2ccccc2F)c2sc3nc(C)nn3c2O)CC1. The van der Waals surface area contributed by atoms with Crippen LogP contribution < -0.4 is 0 Å². The van der Waals surface area contributed by atoms with Crippen LogP contribution in [0.3, 0.4) is 0 Å². The number of hydrogen-bond acceptors (Lipinski definition) is 7. The third kappa shape index (κ3) is 3.24. The molecule has 0 amide bonds. The van der Waals surface area contributed by atoms with Crippen LogP contribution in [0.15, 0.2) is 24.3 Å². The molecule has 1 atom stereocenters. The molecule has 3 aromatic rings. The number of aromatic hydroxyl groups is 1. The number of fused-ring (bicyclic) bond motifs is 1. The fourth-order valence-electron chi connectivity index (χ4n) is 3.79. The predicted octanol–water partition coefficient (Wildman–Crippen LogP) is 2.92. The van der Waals surface area contributed by atoms with Crippen molar-refractivity contribution in [1.29, 1.82) is 0 Å². The molecule has 0 radical (unpaired) electrons. The summed E-state index contributed by atoms with van der Waals surface area (Å²) < 4.78 is 21.0. The number of thiazole rings is 1. The van der Waals surface area contributed by atoms with Gasteiger partial charge < -0.3 is 9.84 Å². The Morgan fingerprint density at radius 3 is 2.71 bits per heavy atom. The van der Waals surface area contributed by atoms with Gasteiger partial charge in [0.25, 0.3) is 0 Å². The van der Waals surface area contributed by atoms with Crippen LogP contribution in [0, 0.1) is 18.7 Å². The molecule has 4 rings (SSSR count). The fraction of sp³-hybridized carbons (Fsp3) is 0.421. The maximum atomic E-state index is 14.7. The Kier molecular flexibility index (Phi) is 5.03. The van der Waals surface area contributed by atoms with Gasteiger partial charge in [-0.2, -0.15) is 4.52 Å². The summed E-state index contributed by atoms with van der Waals surface area (Å²) in [4.78, 5) is 19.4. The minimum absolute atomic E-state index is 0.0241. The average molecular weight is 404 g/mol. The highest BCUT2D eigenvalue weighted by molar-refractivity contribution is 7.17. The maximum Gasteiger partial charge on any atom is 0.308 e. The zero-order valence-corrected chi connectivity index (χ0v) is 16.4. The molecule has 1 aliphatic heterocycles. The molecule has 0 bridgehead atoms. The van der Waals surface area contributed by atoms with E-state index in [9.17, 15) is 14.3 Å². The topological polar surface area (TPSA) is 80.0 Å². The van der Waals surface area contributed by atoms with Crippen LogP contribution in [0.5, 0.6) is 5.88 Å². The van der Waals surface area contributed by atoms with Crippen LogP contribution in [-0.2, 0) is 9.53 Å². The van der Waals surface area contributed by atoms with Gasteiger partial charge in [0.15, 0.2) is 0 Å². The lowest BCUT2D eigenvalue weighted by Gasteiger charge is -2.36. The van der Waals surface area contributed by atoms with Crippen LogP contribution >= 0.6 is 11.3 Å². The monoisotopic (exact) mass is 404 g/mol. The smallest absolute Gasteiger partial charge is 0.308 e. The number of esters is 1. The molecule has 7 nitrogen and oxygen atoms in total. The number of methoxy groups -OCH3 is 1. The molecule has 2 aromatic heterocycles. The van der Waals surface area contributed by atoms with E-state index in [4.69, 9.17) is 4.74 Å². The number of nitrogens with zero attached hydrogens (tertiary/aromatic N) is 4. The van der Waals surface area contributed by atoms with E-state index in [1.165, 1.54) is 29.0 Å². The lowest BCUT2D eigenvalue weighted by Crippen LogP contribution is -2.39. The third-order valence-corrected chi connectivity index (χ3v) is 6.26. The quantitative estimate of drug-likeness (QED) is 0.674. The molecule has 1 saturated heterocycles. The van der Waals surface area contributed by atoms with Crippen molar-refractivity contribution in [1.82, 2.24) is 19.5 Å². The van der Waals surface area contributed by atoms with Gasteiger partial charge in [0.1, 0.15) is 11.6 Å². The Hall–Kier alpha value is -2.52. The number of aromatic nitrogens is 3. The van der Waals surface area contributed by atoms with Crippen molar-refractivity contribution >= 4 is 22.3 Å². The van der Waals surface area contributed by atoms with Crippen molar-refractivity contribution < 1.29 is 19.0 Å². The highest BCUT2D eigenvalue weighted by Crippen LogP contribution is 2.42. The molecule has 0 unspecified atom stereocenters. The van der Waals surface area contributed by atoms with Gasteiger partial charge in [-0.05, 0) is 38.9 Å². The number of rotatable bonds is 4. The summed E-state index contributed by atoms with van der Waals surface area (Å²) in [6, 6.07) is 6.10. The molecule has 0 aliphatic carbocycles. The standard InChI is InChI=1S/C19H21FN4O3S/c1-11-21-19-24(22-11)17(25)16(28-19)15(13-5-3-4-6-14(13)20)23-9-7-12(8-10-23)18(26)27-2/h3-6,12,15,25H,7-10H2,1-2H3/t15-/m1/s1. The molecule has 3 heterocycles. The van der Waals surface area contributed by atoms with E-state index in [0.29, 0.717) is 47.2 Å². The van der Waals surface area contributed by atoms with Crippen molar-refractivity contribution in [3.63, 3.8) is 0 Å². The Bertz CT molecular complexity index is 1010. The number of carbonyl (C=O) groups excluding carboxylic acids is 1. The van der Waals surface area contributed by atoms with E-state index in [-0.39, 0.29) is 23.6 Å². The molecule has 0 saturated carbocycles. The molecule has 1 aromatic carbocycles. The summed E-state index contributed by atoms with van der Waals surface area (Å²) in [7, 11) is 1.39. The summed E-state index contributed by atoms with van der Waals surface area (Å²) in [6.07, 6.45) is 1.25. The largest absolute Gasteiger partial charge is 0.492 e. The zero-order valence-electron chi connectivity index (χ0n) is 15.6. The first-order valence-corrected chi connectivity index (χ1v) is 9.92. The van der Waals surface area contributed by atoms with Crippen LogP contribution in [0.2, 0.25) is 0 Å². The molecule has 148 valence electrons. The summed E-state index contributed by atoms with van der Waals surface area (Å²) in [5.74, 6) is -0.157. The molecule has 9 heteroatoms. The summed E-state index contributed by atoms with van der Waals surface area (Å²) in [5, 5.41) is 15.0. The van der Waals surface area contributed by atoms with Crippen LogP contribution in [-0.4, -0.2) is 50.8 Å². The van der Waals surface area contributed by atoms with Crippen molar-refractivity contribution in [2.45, 2.75) is 25.8 Å². The maximum absolute atomic E-state index is 14.7. The highest BCUT2D eigenvalue weighted by Gasteiger charge is 2.35. The van der Waals surface area contributed by atoms with Crippen LogP contribution in [0.4, 0.5) is 4.39 Å². The van der Waals surface area contributed by atoms with Crippen molar-refractivity contribution in [3.8, 4) is 5.88 Å². The van der Waals surface area contributed by atoms with Gasteiger partial charge in [0.2, 0.25) is 10.8 Å². The second kappa shape index (κ2) is 7.48. The van der Waals surface area contributed by atoms with Crippen molar-refractivity contribution in [2.75, 3.05) is 20.2 Å².